The highest BCUT2D eigenvalue weighted by Gasteiger charge is 2.21. The quantitative estimate of drug-likeness (QED) is 0.921. The molecular weight excluding hydrogens is 259 g/mol. The van der Waals surface area contributed by atoms with E-state index in [1.54, 1.807) is 17.0 Å². The maximum absolute atomic E-state index is 13.9. The molecule has 2 rings (SSSR count). The van der Waals surface area contributed by atoms with Crippen molar-refractivity contribution >= 4 is 11.6 Å². The molecule has 110 valence electrons. The Balaban J connectivity index is 2.21. The van der Waals surface area contributed by atoms with Gasteiger partial charge in [-0.3, -0.25) is 4.79 Å². The van der Waals surface area contributed by atoms with E-state index in [1.165, 1.54) is 6.07 Å². The number of nitrogens with zero attached hydrogens (tertiary/aromatic N) is 1. The normalized spacial score (nSPS) is 15.8. The van der Waals surface area contributed by atoms with Gasteiger partial charge in [0.05, 0.1) is 17.9 Å². The number of para-hydroxylation sites is 1. The molecule has 1 aromatic carbocycles. The molecule has 1 aliphatic heterocycles. The second-order valence-corrected chi connectivity index (χ2v) is 4.85. The number of carbonyl (C=O) groups excluding carboxylic acids is 1. The number of rotatable bonds is 4. The van der Waals surface area contributed by atoms with Crippen LogP contribution in [0, 0.1) is 5.82 Å². The van der Waals surface area contributed by atoms with Crippen LogP contribution in [0.1, 0.15) is 30.1 Å². The standard InChI is InChI=1S/C15H21FN2O2/c1-2-7-17-14-12(5-3-6-13(14)16)15(19)18-8-4-10-20-11-9-18/h3,5-6,17H,2,4,7-11H2,1H3. The van der Waals surface area contributed by atoms with Crippen molar-refractivity contribution in [3.63, 3.8) is 0 Å². The van der Waals surface area contributed by atoms with Gasteiger partial charge >= 0.3 is 0 Å². The summed E-state index contributed by atoms with van der Waals surface area (Å²) in [4.78, 5) is 14.3. The highest BCUT2D eigenvalue weighted by atomic mass is 19.1. The van der Waals surface area contributed by atoms with Gasteiger partial charge in [-0.25, -0.2) is 4.39 Å². The second kappa shape index (κ2) is 7.24. The van der Waals surface area contributed by atoms with E-state index in [9.17, 15) is 9.18 Å². The van der Waals surface area contributed by atoms with Crippen molar-refractivity contribution in [2.45, 2.75) is 19.8 Å². The van der Waals surface area contributed by atoms with Crippen molar-refractivity contribution in [2.75, 3.05) is 38.2 Å². The molecule has 0 atom stereocenters. The highest BCUT2D eigenvalue weighted by molar-refractivity contribution is 5.99. The van der Waals surface area contributed by atoms with Crippen molar-refractivity contribution < 1.29 is 13.9 Å². The van der Waals surface area contributed by atoms with Crippen LogP contribution in [0.2, 0.25) is 0 Å². The number of anilines is 1. The first-order chi connectivity index (χ1) is 9.74. The van der Waals surface area contributed by atoms with Crippen LogP contribution in [-0.2, 0) is 4.74 Å². The van der Waals surface area contributed by atoms with Gasteiger partial charge in [0.2, 0.25) is 0 Å². The van der Waals surface area contributed by atoms with Gasteiger partial charge in [-0.15, -0.1) is 0 Å². The average molecular weight is 280 g/mol. The number of benzene rings is 1. The summed E-state index contributed by atoms with van der Waals surface area (Å²) in [5.41, 5.74) is 0.713. The van der Waals surface area contributed by atoms with E-state index >= 15 is 0 Å². The Kier molecular flexibility index (Phi) is 5.35. The number of halogens is 1. The summed E-state index contributed by atoms with van der Waals surface area (Å²) in [6.45, 7) is 5.07. The van der Waals surface area contributed by atoms with Crippen LogP contribution in [0.3, 0.4) is 0 Å². The van der Waals surface area contributed by atoms with E-state index in [2.05, 4.69) is 5.32 Å². The summed E-state index contributed by atoms with van der Waals surface area (Å²) in [7, 11) is 0. The van der Waals surface area contributed by atoms with Crippen LogP contribution in [0.4, 0.5) is 10.1 Å². The monoisotopic (exact) mass is 280 g/mol. The summed E-state index contributed by atoms with van der Waals surface area (Å²) in [5.74, 6) is -0.510. The molecule has 1 N–H and O–H groups in total. The van der Waals surface area contributed by atoms with Crippen LogP contribution in [-0.4, -0.2) is 43.7 Å². The largest absolute Gasteiger partial charge is 0.382 e. The van der Waals surface area contributed by atoms with Crippen molar-refractivity contribution in [2.24, 2.45) is 0 Å². The molecule has 1 fully saturated rings. The fourth-order valence-electron chi connectivity index (χ4n) is 2.25. The Hall–Kier alpha value is -1.62. The molecular formula is C15H21FN2O2. The summed E-state index contributed by atoms with van der Waals surface area (Å²) in [5, 5.41) is 3.01. The van der Waals surface area contributed by atoms with Crippen molar-refractivity contribution in [1.82, 2.24) is 4.90 Å². The lowest BCUT2D eigenvalue weighted by molar-refractivity contribution is 0.0742. The topological polar surface area (TPSA) is 41.6 Å². The smallest absolute Gasteiger partial charge is 0.256 e. The van der Waals surface area contributed by atoms with Gasteiger partial charge in [-0.1, -0.05) is 13.0 Å². The molecule has 0 unspecified atom stereocenters. The molecule has 4 nitrogen and oxygen atoms in total. The summed E-state index contributed by atoms with van der Waals surface area (Å²) >= 11 is 0. The molecule has 1 amide bonds. The van der Waals surface area contributed by atoms with Gasteiger partial charge in [-0.2, -0.15) is 0 Å². The first-order valence-corrected chi connectivity index (χ1v) is 7.13. The van der Waals surface area contributed by atoms with E-state index in [1.807, 2.05) is 6.92 Å². The van der Waals surface area contributed by atoms with E-state index in [4.69, 9.17) is 4.74 Å². The third-order valence-electron chi connectivity index (χ3n) is 3.31. The molecule has 5 heteroatoms. The van der Waals surface area contributed by atoms with Crippen molar-refractivity contribution in [3.8, 4) is 0 Å². The van der Waals surface area contributed by atoms with Crippen LogP contribution in [0.5, 0.6) is 0 Å². The van der Waals surface area contributed by atoms with Crippen LogP contribution in [0.25, 0.3) is 0 Å². The molecule has 0 saturated carbocycles. The summed E-state index contributed by atoms with van der Waals surface area (Å²) < 4.78 is 19.3. The van der Waals surface area contributed by atoms with Crippen LogP contribution >= 0.6 is 0 Å². The maximum atomic E-state index is 13.9. The van der Waals surface area contributed by atoms with Gasteiger partial charge in [0.1, 0.15) is 5.82 Å². The Morgan fingerprint density at radius 1 is 1.40 bits per heavy atom. The summed E-state index contributed by atoms with van der Waals surface area (Å²) in [6.07, 6.45) is 1.69. The zero-order valence-corrected chi connectivity index (χ0v) is 11.8. The van der Waals surface area contributed by atoms with Gasteiger partial charge < -0.3 is 15.0 Å². The van der Waals surface area contributed by atoms with E-state index in [0.717, 1.165) is 12.8 Å². The number of amides is 1. The first-order valence-electron chi connectivity index (χ1n) is 7.13. The molecule has 20 heavy (non-hydrogen) atoms. The third-order valence-corrected chi connectivity index (χ3v) is 3.31. The lowest BCUT2D eigenvalue weighted by Gasteiger charge is -2.21. The van der Waals surface area contributed by atoms with Gasteiger partial charge in [-0.05, 0) is 25.0 Å². The first kappa shape index (κ1) is 14.8. The minimum absolute atomic E-state index is 0.131. The third kappa shape index (κ3) is 3.48. The van der Waals surface area contributed by atoms with Gasteiger partial charge in [0, 0.05) is 26.2 Å². The van der Waals surface area contributed by atoms with Crippen molar-refractivity contribution in [1.29, 1.82) is 0 Å². The molecule has 1 heterocycles. The SMILES string of the molecule is CCCNc1c(F)cccc1C(=O)N1CCCOCC1. The lowest BCUT2D eigenvalue weighted by Crippen LogP contribution is -2.33. The lowest BCUT2D eigenvalue weighted by atomic mass is 10.1. The van der Waals surface area contributed by atoms with Crippen LogP contribution in [0.15, 0.2) is 18.2 Å². The minimum Gasteiger partial charge on any atom is -0.382 e. The number of nitrogens with one attached hydrogen (secondary N) is 1. The molecule has 0 aromatic heterocycles. The molecule has 1 saturated heterocycles. The molecule has 0 bridgehead atoms. The zero-order chi connectivity index (χ0) is 14.4. The Morgan fingerprint density at radius 3 is 3.05 bits per heavy atom. The zero-order valence-electron chi connectivity index (χ0n) is 11.8. The Labute approximate surface area is 118 Å². The second-order valence-electron chi connectivity index (χ2n) is 4.85. The predicted octanol–water partition coefficient (Wildman–Crippen LogP) is 2.51. The summed E-state index contributed by atoms with van der Waals surface area (Å²) in [6, 6.07) is 4.63. The van der Waals surface area contributed by atoms with Gasteiger partial charge in [0.15, 0.2) is 0 Å². The van der Waals surface area contributed by atoms with Gasteiger partial charge in [0.25, 0.3) is 5.91 Å². The van der Waals surface area contributed by atoms with Crippen molar-refractivity contribution in [3.05, 3.63) is 29.6 Å². The fourth-order valence-corrected chi connectivity index (χ4v) is 2.25. The number of carbonyl (C=O) groups is 1. The molecule has 1 aliphatic rings. The average Bonchev–Trinajstić information content (AvgIpc) is 2.74. The van der Waals surface area contributed by atoms with E-state index in [0.29, 0.717) is 44.1 Å². The Bertz CT molecular complexity index is 457. The minimum atomic E-state index is -0.379. The highest BCUT2D eigenvalue weighted by Crippen LogP contribution is 2.22. The molecule has 0 spiro atoms. The number of hydrogen-bond acceptors (Lipinski definition) is 3. The maximum Gasteiger partial charge on any atom is 0.256 e. The Morgan fingerprint density at radius 2 is 2.25 bits per heavy atom. The molecule has 1 aromatic rings. The molecule has 0 radical (unpaired) electrons. The number of ether oxygens (including phenoxy) is 1. The molecule has 0 aliphatic carbocycles. The predicted molar refractivity (Wildman–Crippen MR) is 76.5 cm³/mol. The number of hydrogen-bond donors (Lipinski definition) is 1. The van der Waals surface area contributed by atoms with E-state index < -0.39 is 0 Å². The fraction of sp³-hybridized carbons (Fsp3) is 0.533. The van der Waals surface area contributed by atoms with E-state index in [-0.39, 0.29) is 11.7 Å². The van der Waals surface area contributed by atoms with Crippen LogP contribution < -0.4 is 5.32 Å².